The number of nitrogens with zero attached hydrogens (tertiary/aromatic N) is 2. The molecule has 0 unspecified atom stereocenters. The molecule has 2 aromatic heterocycles. The summed E-state index contributed by atoms with van der Waals surface area (Å²) in [5, 5.41) is 41.6. The van der Waals surface area contributed by atoms with Crippen LogP contribution >= 0.6 is 0 Å². The molecule has 0 atom stereocenters. The lowest BCUT2D eigenvalue weighted by Crippen LogP contribution is -2.03. The zero-order valence-corrected chi connectivity index (χ0v) is 13.8. The highest BCUT2D eigenvalue weighted by Gasteiger charge is 2.33. The summed E-state index contributed by atoms with van der Waals surface area (Å²) in [5.41, 5.74) is 2.80. The molecule has 3 aromatic rings. The summed E-state index contributed by atoms with van der Waals surface area (Å²) in [5.74, 6) is 0.447. The number of ether oxygens (including phenoxy) is 1. The van der Waals surface area contributed by atoms with Crippen molar-refractivity contribution >= 4 is 0 Å². The molecule has 7 heteroatoms. The fourth-order valence-corrected chi connectivity index (χ4v) is 3.49. The lowest BCUT2D eigenvalue weighted by Gasteiger charge is -2.12. The number of hydrogen-bond donors (Lipinski definition) is 4. The van der Waals surface area contributed by atoms with E-state index in [1.807, 2.05) is 0 Å². The van der Waals surface area contributed by atoms with Crippen LogP contribution in [0.5, 0.6) is 29.3 Å². The summed E-state index contributed by atoms with van der Waals surface area (Å²) in [6.07, 6.45) is 0.459. The van der Waals surface area contributed by atoms with E-state index in [1.54, 1.807) is 38.4 Å². The van der Waals surface area contributed by atoms with Gasteiger partial charge in [0.05, 0.1) is 12.8 Å². The Morgan fingerprint density at radius 1 is 0.760 bits per heavy atom. The first-order valence-electron chi connectivity index (χ1n) is 7.81. The van der Waals surface area contributed by atoms with Gasteiger partial charge in [-0.05, 0) is 24.3 Å². The molecule has 130 valence electrons. The highest BCUT2D eigenvalue weighted by Crippen LogP contribution is 2.47. The maximum absolute atomic E-state index is 10.6. The maximum atomic E-state index is 10.6. The van der Waals surface area contributed by atoms with Gasteiger partial charge in [0, 0.05) is 42.1 Å². The third-order valence-corrected chi connectivity index (χ3v) is 4.90. The number of benzene rings is 1. The monoisotopic (exact) mass is 342 g/mol. The fraction of sp³-hybridized carbons (Fsp3) is 0.222. The largest absolute Gasteiger partial charge is 0.497 e. The number of rotatable bonds is 2. The van der Waals surface area contributed by atoms with Crippen molar-refractivity contribution in [1.29, 1.82) is 0 Å². The van der Waals surface area contributed by atoms with E-state index in [2.05, 4.69) is 0 Å². The smallest absolute Gasteiger partial charge is 0.202 e. The van der Waals surface area contributed by atoms with Gasteiger partial charge in [-0.1, -0.05) is 0 Å². The van der Waals surface area contributed by atoms with Crippen LogP contribution in [-0.4, -0.2) is 36.7 Å². The summed E-state index contributed by atoms with van der Waals surface area (Å²) in [4.78, 5) is 0. The van der Waals surface area contributed by atoms with Crippen molar-refractivity contribution in [1.82, 2.24) is 9.13 Å². The highest BCUT2D eigenvalue weighted by molar-refractivity contribution is 5.62. The third-order valence-electron chi connectivity index (χ3n) is 4.90. The molecule has 1 aliphatic carbocycles. The Bertz CT molecular complexity index is 930. The zero-order chi connectivity index (χ0) is 17.9. The molecule has 2 heterocycles. The van der Waals surface area contributed by atoms with Crippen molar-refractivity contribution in [3.8, 4) is 35.0 Å². The van der Waals surface area contributed by atoms with Crippen LogP contribution in [0.3, 0.4) is 0 Å². The summed E-state index contributed by atoms with van der Waals surface area (Å²) in [7, 11) is 3.12. The van der Waals surface area contributed by atoms with E-state index in [9.17, 15) is 20.4 Å². The van der Waals surface area contributed by atoms with Crippen LogP contribution in [0.1, 0.15) is 22.3 Å². The standard InChI is InChI=1S/C18H18N2O5/c1-19-15(21)11-7-13-14(8-12(11)16(19)22)18(24)20(17(13)23)9-3-5-10(25-2)6-4-9/h3-6,21-24H,7-8H2,1-2H3. The second-order valence-electron chi connectivity index (χ2n) is 6.15. The van der Waals surface area contributed by atoms with Crippen LogP contribution in [0.2, 0.25) is 0 Å². The second kappa shape index (κ2) is 5.14. The number of aromatic nitrogens is 2. The van der Waals surface area contributed by atoms with Crippen molar-refractivity contribution in [2.24, 2.45) is 7.05 Å². The first-order valence-corrected chi connectivity index (χ1v) is 7.81. The normalized spacial score (nSPS) is 12.7. The van der Waals surface area contributed by atoms with Crippen molar-refractivity contribution in [3.05, 3.63) is 46.5 Å². The minimum atomic E-state index is -0.0777. The van der Waals surface area contributed by atoms with E-state index < -0.39 is 0 Å². The molecule has 0 radical (unpaired) electrons. The van der Waals surface area contributed by atoms with Gasteiger partial charge < -0.3 is 25.2 Å². The molecule has 7 nitrogen and oxygen atoms in total. The minimum absolute atomic E-state index is 0.0331. The van der Waals surface area contributed by atoms with Crippen molar-refractivity contribution in [3.63, 3.8) is 0 Å². The molecule has 0 fully saturated rings. The molecule has 0 amide bonds. The lowest BCUT2D eigenvalue weighted by molar-refractivity contribution is 0.383. The van der Waals surface area contributed by atoms with E-state index >= 15 is 0 Å². The van der Waals surface area contributed by atoms with Gasteiger partial charge in [-0.2, -0.15) is 0 Å². The van der Waals surface area contributed by atoms with Gasteiger partial charge in [-0.15, -0.1) is 0 Å². The fourth-order valence-electron chi connectivity index (χ4n) is 3.49. The van der Waals surface area contributed by atoms with Gasteiger partial charge in [0.2, 0.25) is 11.8 Å². The molecular formula is C18H18N2O5. The van der Waals surface area contributed by atoms with Crippen LogP contribution in [0, 0.1) is 0 Å². The second-order valence-corrected chi connectivity index (χ2v) is 6.15. The molecule has 0 saturated carbocycles. The minimum Gasteiger partial charge on any atom is -0.497 e. The predicted molar refractivity (Wildman–Crippen MR) is 90.0 cm³/mol. The third kappa shape index (κ3) is 1.98. The maximum Gasteiger partial charge on any atom is 0.202 e. The molecule has 1 aromatic carbocycles. The van der Waals surface area contributed by atoms with Crippen LogP contribution < -0.4 is 4.74 Å². The zero-order valence-electron chi connectivity index (χ0n) is 13.8. The number of methoxy groups -OCH3 is 1. The highest BCUT2D eigenvalue weighted by atomic mass is 16.5. The Morgan fingerprint density at radius 3 is 1.64 bits per heavy atom. The Labute approximate surface area is 143 Å². The predicted octanol–water partition coefficient (Wildman–Crippen LogP) is 2.14. The van der Waals surface area contributed by atoms with E-state index in [0.717, 1.165) is 0 Å². The molecule has 0 saturated heterocycles. The molecule has 0 spiro atoms. The topological polar surface area (TPSA) is 100 Å². The Balaban J connectivity index is 1.85. The number of aromatic hydroxyl groups is 4. The van der Waals surface area contributed by atoms with Crippen molar-refractivity contribution in [2.75, 3.05) is 7.11 Å². The average molecular weight is 342 g/mol. The molecule has 1 aliphatic rings. The van der Waals surface area contributed by atoms with Gasteiger partial charge in [-0.25, -0.2) is 0 Å². The SMILES string of the molecule is COc1ccc(-n2c(O)c3c(c2O)Cc2c(c(O)n(C)c2O)C3)cc1. The van der Waals surface area contributed by atoms with E-state index in [4.69, 9.17) is 4.74 Å². The van der Waals surface area contributed by atoms with E-state index in [0.29, 0.717) is 33.7 Å². The Kier molecular flexibility index (Phi) is 3.15. The van der Waals surface area contributed by atoms with Gasteiger partial charge in [0.1, 0.15) is 5.75 Å². The van der Waals surface area contributed by atoms with Gasteiger partial charge >= 0.3 is 0 Å². The van der Waals surface area contributed by atoms with Gasteiger partial charge in [0.25, 0.3) is 0 Å². The Morgan fingerprint density at radius 2 is 1.20 bits per heavy atom. The summed E-state index contributed by atoms with van der Waals surface area (Å²) < 4.78 is 7.77. The summed E-state index contributed by atoms with van der Waals surface area (Å²) in [6.45, 7) is 0. The molecule has 4 N–H and O–H groups in total. The quantitative estimate of drug-likeness (QED) is 0.447. The molecular weight excluding hydrogens is 324 g/mol. The first-order chi connectivity index (χ1) is 11.9. The van der Waals surface area contributed by atoms with Crippen LogP contribution in [0.4, 0.5) is 0 Å². The van der Waals surface area contributed by atoms with Crippen LogP contribution in [0.25, 0.3) is 5.69 Å². The van der Waals surface area contributed by atoms with E-state index in [-0.39, 0.29) is 36.4 Å². The summed E-state index contributed by atoms with van der Waals surface area (Å²) >= 11 is 0. The number of hydrogen-bond acceptors (Lipinski definition) is 5. The van der Waals surface area contributed by atoms with Gasteiger partial charge in [0.15, 0.2) is 11.8 Å². The first kappa shape index (κ1) is 15.3. The van der Waals surface area contributed by atoms with Gasteiger partial charge in [-0.3, -0.25) is 9.13 Å². The number of fused-ring (bicyclic) bond motifs is 2. The van der Waals surface area contributed by atoms with Crippen LogP contribution in [0.15, 0.2) is 24.3 Å². The molecule has 0 aliphatic heterocycles. The average Bonchev–Trinajstić information content (AvgIpc) is 3.00. The molecule has 25 heavy (non-hydrogen) atoms. The lowest BCUT2D eigenvalue weighted by atomic mass is 9.90. The van der Waals surface area contributed by atoms with E-state index in [1.165, 1.54) is 9.13 Å². The molecule has 0 bridgehead atoms. The van der Waals surface area contributed by atoms with Crippen molar-refractivity contribution in [2.45, 2.75) is 12.8 Å². The summed E-state index contributed by atoms with van der Waals surface area (Å²) in [6, 6.07) is 6.93. The molecule has 4 rings (SSSR count). The van der Waals surface area contributed by atoms with Crippen LogP contribution in [-0.2, 0) is 19.9 Å². The Hall–Kier alpha value is -3.22. The van der Waals surface area contributed by atoms with Crippen molar-refractivity contribution < 1.29 is 25.2 Å².